The predicted molar refractivity (Wildman–Crippen MR) is 110 cm³/mol. The number of rotatable bonds is 3. The van der Waals surface area contributed by atoms with E-state index >= 15 is 0 Å². The number of aryl methyl sites for hydroxylation is 1. The molecule has 1 aromatic carbocycles. The molecule has 0 aliphatic heterocycles. The van der Waals surface area contributed by atoms with Gasteiger partial charge in [-0.15, -0.1) is 0 Å². The van der Waals surface area contributed by atoms with Crippen LogP contribution in [0, 0.1) is 18.2 Å². The monoisotopic (exact) mass is 388 g/mol. The summed E-state index contributed by atoms with van der Waals surface area (Å²) in [6.07, 6.45) is 1.19. The van der Waals surface area contributed by atoms with Crippen LogP contribution in [-0.4, -0.2) is 17.6 Å². The molecule has 1 N–H and O–H groups in total. The van der Waals surface area contributed by atoms with Gasteiger partial charge in [-0.2, -0.15) is 0 Å². The summed E-state index contributed by atoms with van der Waals surface area (Å²) in [7, 11) is 2.88. The number of methoxy groups -OCH3 is 1. The smallest absolute Gasteiger partial charge is 0.341 e. The largest absolute Gasteiger partial charge is 0.465 e. The summed E-state index contributed by atoms with van der Waals surface area (Å²) < 4.78 is 20.6. The fraction of sp³-hybridized carbons (Fsp3) is 0.455. The lowest BCUT2D eigenvalue weighted by Crippen LogP contribution is -2.27. The molecule has 0 amide bonds. The van der Waals surface area contributed by atoms with E-state index in [1.807, 2.05) is 13.8 Å². The second kappa shape index (κ2) is 8.17. The van der Waals surface area contributed by atoms with Gasteiger partial charge in [-0.3, -0.25) is 9.36 Å². The molecule has 28 heavy (non-hydrogen) atoms. The minimum atomic E-state index is -0.537. The van der Waals surface area contributed by atoms with Crippen LogP contribution in [0.3, 0.4) is 0 Å². The average Bonchev–Trinajstić information content (AvgIpc) is 2.98. The first-order chi connectivity index (χ1) is 13.1. The van der Waals surface area contributed by atoms with Gasteiger partial charge in [0.05, 0.1) is 12.8 Å². The highest BCUT2D eigenvalue weighted by atomic mass is 19.1. The van der Waals surface area contributed by atoms with E-state index in [0.717, 1.165) is 5.56 Å². The number of halogens is 1. The van der Waals surface area contributed by atoms with Gasteiger partial charge in [0.25, 0.3) is 5.56 Å². The Balaban J connectivity index is 0.00000136. The number of pyridine rings is 1. The number of benzene rings is 1. The molecule has 152 valence electrons. The highest BCUT2D eigenvalue weighted by Gasteiger charge is 2.36. The highest BCUT2D eigenvalue weighted by molar-refractivity contribution is 5.97. The van der Waals surface area contributed by atoms with E-state index in [-0.39, 0.29) is 22.5 Å². The summed E-state index contributed by atoms with van der Waals surface area (Å²) in [4.78, 5) is 25.4. The number of ether oxygens (including phenoxy) is 1. The first kappa shape index (κ1) is 21.7. The molecule has 3 rings (SSSR count). The van der Waals surface area contributed by atoms with E-state index in [9.17, 15) is 14.0 Å². The van der Waals surface area contributed by atoms with Gasteiger partial charge in [-0.05, 0) is 48.4 Å². The Labute approximate surface area is 165 Å². The van der Waals surface area contributed by atoms with Crippen molar-refractivity contribution >= 4 is 17.5 Å². The van der Waals surface area contributed by atoms with Crippen molar-refractivity contribution in [1.82, 2.24) is 4.57 Å². The number of carbonyl (C=O) groups excluding carboxylic acids is 1. The van der Waals surface area contributed by atoms with Crippen LogP contribution >= 0.6 is 0 Å². The van der Waals surface area contributed by atoms with Crippen molar-refractivity contribution in [3.63, 3.8) is 0 Å². The zero-order chi connectivity index (χ0) is 21.2. The van der Waals surface area contributed by atoms with Crippen LogP contribution < -0.4 is 10.9 Å². The van der Waals surface area contributed by atoms with Gasteiger partial charge in [-0.1, -0.05) is 33.8 Å². The van der Waals surface area contributed by atoms with E-state index in [4.69, 9.17) is 4.74 Å². The van der Waals surface area contributed by atoms with Crippen LogP contribution in [0.15, 0.2) is 23.0 Å². The predicted octanol–water partition coefficient (Wildman–Crippen LogP) is 4.51. The maximum absolute atomic E-state index is 14.3. The summed E-state index contributed by atoms with van der Waals surface area (Å²) in [5.41, 5.74) is 2.32. The van der Waals surface area contributed by atoms with E-state index in [0.29, 0.717) is 29.5 Å². The highest BCUT2D eigenvalue weighted by Crippen LogP contribution is 2.39. The quantitative estimate of drug-likeness (QED) is 0.786. The lowest BCUT2D eigenvalue weighted by Gasteiger charge is -2.19. The van der Waals surface area contributed by atoms with Crippen molar-refractivity contribution in [2.24, 2.45) is 12.5 Å². The molecule has 1 aromatic heterocycles. The number of fused-ring (bicyclic) bond motifs is 1. The number of nitrogens with zero attached hydrogens (tertiary/aromatic N) is 1. The fourth-order valence-corrected chi connectivity index (χ4v) is 3.61. The van der Waals surface area contributed by atoms with Crippen molar-refractivity contribution in [3.8, 4) is 0 Å². The number of hydrogen-bond donors (Lipinski definition) is 1. The van der Waals surface area contributed by atoms with Crippen molar-refractivity contribution in [2.45, 2.75) is 47.5 Å². The summed E-state index contributed by atoms with van der Waals surface area (Å²) in [6.45, 7) is 9.90. The van der Waals surface area contributed by atoms with Crippen LogP contribution in [0.2, 0.25) is 0 Å². The fourth-order valence-electron chi connectivity index (χ4n) is 3.61. The molecule has 0 atom stereocenters. The summed E-state index contributed by atoms with van der Waals surface area (Å²) in [5.74, 6) is -0.736. The Hall–Kier alpha value is -2.63. The molecular weight excluding hydrogens is 359 g/mol. The molecule has 5 nitrogen and oxygen atoms in total. The molecule has 0 bridgehead atoms. The topological polar surface area (TPSA) is 60.3 Å². The number of nitrogens with one attached hydrogen (secondary N) is 1. The zero-order valence-corrected chi connectivity index (χ0v) is 17.7. The third-order valence-electron chi connectivity index (χ3n) is 4.88. The second-order valence-electron chi connectivity index (χ2n) is 7.66. The Morgan fingerprint density at radius 1 is 1.21 bits per heavy atom. The first-order valence-electron chi connectivity index (χ1n) is 9.51. The molecule has 6 heteroatoms. The minimum Gasteiger partial charge on any atom is -0.465 e. The number of aromatic nitrogens is 1. The molecule has 0 fully saturated rings. The molecular formula is C22H29FN2O3. The first-order valence-corrected chi connectivity index (χ1v) is 9.51. The maximum atomic E-state index is 14.3. The van der Waals surface area contributed by atoms with Gasteiger partial charge in [0.2, 0.25) is 0 Å². The summed E-state index contributed by atoms with van der Waals surface area (Å²) >= 11 is 0. The lowest BCUT2D eigenvalue weighted by molar-refractivity contribution is 0.0599. The number of carbonyl (C=O) groups is 1. The lowest BCUT2D eigenvalue weighted by atomic mass is 9.90. The van der Waals surface area contributed by atoms with Gasteiger partial charge >= 0.3 is 5.97 Å². The van der Waals surface area contributed by atoms with Gasteiger partial charge in [0.1, 0.15) is 17.2 Å². The third kappa shape index (κ3) is 3.96. The van der Waals surface area contributed by atoms with Crippen molar-refractivity contribution in [2.75, 3.05) is 12.4 Å². The van der Waals surface area contributed by atoms with Crippen LogP contribution in [0.1, 0.15) is 54.7 Å². The van der Waals surface area contributed by atoms with Crippen LogP contribution in [0.5, 0.6) is 0 Å². The molecule has 0 unspecified atom stereocenters. The third-order valence-corrected chi connectivity index (χ3v) is 4.88. The number of hydrogen-bond acceptors (Lipinski definition) is 4. The molecule has 1 heterocycles. The Bertz CT molecular complexity index is 961. The zero-order valence-electron chi connectivity index (χ0n) is 17.7. The van der Waals surface area contributed by atoms with E-state index in [1.165, 1.54) is 17.7 Å². The van der Waals surface area contributed by atoms with Gasteiger partial charge < -0.3 is 10.1 Å². The van der Waals surface area contributed by atoms with Gasteiger partial charge in [-0.25, -0.2) is 9.18 Å². The molecule has 1 aliphatic rings. The normalized spacial score (nSPS) is 14.0. The second-order valence-corrected chi connectivity index (χ2v) is 7.66. The van der Waals surface area contributed by atoms with Crippen LogP contribution in [0.25, 0.3) is 0 Å². The van der Waals surface area contributed by atoms with Crippen LogP contribution in [0.4, 0.5) is 15.9 Å². The van der Waals surface area contributed by atoms with Gasteiger partial charge in [0.15, 0.2) is 0 Å². The van der Waals surface area contributed by atoms with E-state index in [1.54, 1.807) is 26.1 Å². The van der Waals surface area contributed by atoms with E-state index < -0.39 is 11.8 Å². The van der Waals surface area contributed by atoms with Crippen molar-refractivity contribution in [1.29, 1.82) is 0 Å². The van der Waals surface area contributed by atoms with Crippen molar-refractivity contribution < 1.29 is 13.9 Å². The summed E-state index contributed by atoms with van der Waals surface area (Å²) in [5, 5.41) is 2.94. The standard InChI is InChI=1S/C20H23FN2O3.C2H6/c1-11-6-7-15(14(21)8-11)22-17-16(19(25)26-5)12-9-20(2,3)10-13(12)18(24)23(17)4;1-2/h6-8,22H,9-10H2,1-5H3;1-2H3. The van der Waals surface area contributed by atoms with Crippen molar-refractivity contribution in [3.05, 3.63) is 56.6 Å². The maximum Gasteiger partial charge on any atom is 0.341 e. The minimum absolute atomic E-state index is 0.120. The Kier molecular flexibility index (Phi) is 6.32. The SMILES string of the molecule is CC.COC(=O)c1c2c(c(=O)n(C)c1Nc1ccc(C)cc1F)CC(C)(C)C2. The molecule has 1 aliphatic carbocycles. The molecule has 0 saturated carbocycles. The average molecular weight is 388 g/mol. The molecule has 0 radical (unpaired) electrons. The summed E-state index contributed by atoms with van der Waals surface area (Å²) in [6, 6.07) is 4.75. The molecule has 0 spiro atoms. The number of anilines is 2. The molecule has 2 aromatic rings. The number of esters is 1. The molecule has 0 saturated heterocycles. The van der Waals surface area contributed by atoms with Crippen LogP contribution in [-0.2, 0) is 24.6 Å². The van der Waals surface area contributed by atoms with Gasteiger partial charge in [0, 0.05) is 12.6 Å². The Morgan fingerprint density at radius 3 is 2.39 bits per heavy atom. The Morgan fingerprint density at radius 2 is 1.82 bits per heavy atom. The van der Waals surface area contributed by atoms with E-state index in [2.05, 4.69) is 19.2 Å².